The van der Waals surface area contributed by atoms with Gasteiger partial charge in [0.15, 0.2) is 0 Å². The van der Waals surface area contributed by atoms with Crippen molar-refractivity contribution in [1.82, 2.24) is 4.90 Å². The molecule has 2 aromatic carbocycles. The van der Waals surface area contributed by atoms with Crippen molar-refractivity contribution in [2.24, 2.45) is 5.92 Å². The molecule has 2 saturated heterocycles. The van der Waals surface area contributed by atoms with Crippen molar-refractivity contribution < 1.29 is 19.1 Å². The normalized spacial score (nSPS) is 21.0. The number of methoxy groups -OCH3 is 2. The lowest BCUT2D eigenvalue weighted by Gasteiger charge is -2.28. The molecular formula is C25H30N2O4. The Morgan fingerprint density at radius 2 is 1.77 bits per heavy atom. The number of amides is 2. The molecule has 0 radical (unpaired) electrons. The fourth-order valence-corrected chi connectivity index (χ4v) is 4.71. The molecule has 6 heteroatoms. The van der Waals surface area contributed by atoms with E-state index >= 15 is 0 Å². The molecule has 2 aliphatic rings. The van der Waals surface area contributed by atoms with E-state index in [1.807, 2.05) is 48.2 Å². The van der Waals surface area contributed by atoms with Crippen LogP contribution in [0.1, 0.15) is 42.0 Å². The molecule has 2 aromatic rings. The van der Waals surface area contributed by atoms with E-state index in [1.165, 1.54) is 5.56 Å². The molecule has 31 heavy (non-hydrogen) atoms. The number of benzene rings is 2. The van der Waals surface area contributed by atoms with Crippen molar-refractivity contribution in [3.05, 3.63) is 53.1 Å². The highest BCUT2D eigenvalue weighted by atomic mass is 16.5. The molecule has 0 spiro atoms. The minimum Gasteiger partial charge on any atom is -0.497 e. The second kappa shape index (κ2) is 8.61. The van der Waals surface area contributed by atoms with Crippen molar-refractivity contribution in [1.29, 1.82) is 0 Å². The van der Waals surface area contributed by atoms with E-state index in [2.05, 4.69) is 6.92 Å². The van der Waals surface area contributed by atoms with Crippen LogP contribution in [0, 0.1) is 19.8 Å². The number of rotatable bonds is 5. The third kappa shape index (κ3) is 3.87. The molecule has 2 atom stereocenters. The first kappa shape index (κ1) is 21.2. The maximum absolute atomic E-state index is 13.5. The zero-order valence-corrected chi connectivity index (χ0v) is 18.7. The molecule has 0 aliphatic carbocycles. The minimum absolute atomic E-state index is 0.0725. The molecule has 164 valence electrons. The zero-order chi connectivity index (χ0) is 22.1. The molecule has 0 bridgehead atoms. The number of carbonyl (C=O) groups excluding carboxylic acids is 2. The van der Waals surface area contributed by atoms with E-state index in [-0.39, 0.29) is 17.9 Å². The van der Waals surface area contributed by atoms with Gasteiger partial charge in [0, 0.05) is 30.4 Å². The van der Waals surface area contributed by atoms with Gasteiger partial charge in [-0.05, 0) is 68.5 Å². The van der Waals surface area contributed by atoms with Gasteiger partial charge >= 0.3 is 0 Å². The van der Waals surface area contributed by atoms with E-state index in [1.54, 1.807) is 19.1 Å². The van der Waals surface area contributed by atoms with Gasteiger partial charge in [-0.15, -0.1) is 0 Å². The third-order valence-electron chi connectivity index (χ3n) is 6.64. The summed E-state index contributed by atoms with van der Waals surface area (Å²) >= 11 is 0. The van der Waals surface area contributed by atoms with Gasteiger partial charge in [0.05, 0.1) is 20.3 Å². The van der Waals surface area contributed by atoms with Gasteiger partial charge in [-0.2, -0.15) is 0 Å². The summed E-state index contributed by atoms with van der Waals surface area (Å²) in [5.41, 5.74) is 4.17. The molecule has 4 rings (SSSR count). The van der Waals surface area contributed by atoms with Crippen LogP contribution in [0.2, 0.25) is 0 Å². The van der Waals surface area contributed by atoms with Gasteiger partial charge in [-0.3, -0.25) is 9.59 Å². The van der Waals surface area contributed by atoms with Crippen LogP contribution in [-0.2, 0) is 9.59 Å². The van der Waals surface area contributed by atoms with Crippen LogP contribution in [0.4, 0.5) is 5.69 Å². The predicted octanol–water partition coefficient (Wildman–Crippen LogP) is 4.04. The molecule has 6 nitrogen and oxygen atoms in total. The van der Waals surface area contributed by atoms with Crippen molar-refractivity contribution in [3.63, 3.8) is 0 Å². The first-order chi connectivity index (χ1) is 14.9. The first-order valence-corrected chi connectivity index (χ1v) is 10.9. The highest BCUT2D eigenvalue weighted by Gasteiger charge is 2.43. The lowest BCUT2D eigenvalue weighted by Crippen LogP contribution is -2.40. The number of hydrogen-bond acceptors (Lipinski definition) is 4. The van der Waals surface area contributed by atoms with Crippen LogP contribution < -0.4 is 14.4 Å². The van der Waals surface area contributed by atoms with Crippen molar-refractivity contribution in [3.8, 4) is 11.5 Å². The fraction of sp³-hybridized carbons (Fsp3) is 0.440. The summed E-state index contributed by atoms with van der Waals surface area (Å²) in [5, 5.41) is 0. The second-order valence-electron chi connectivity index (χ2n) is 8.40. The molecule has 2 unspecified atom stereocenters. The lowest BCUT2D eigenvalue weighted by atomic mass is 10.0. The standard InChI is InChI=1S/C25H30N2O4/c1-16-7-8-18(14-17(16)2)26-13-11-21(24(26)28)25(29)27-12-5-6-22(27)20-10-9-19(30-3)15-23(20)31-4/h7-10,14-15,21-22H,5-6,11-13H2,1-4H3. The van der Waals surface area contributed by atoms with Gasteiger partial charge in [0.25, 0.3) is 0 Å². The summed E-state index contributed by atoms with van der Waals surface area (Å²) in [7, 11) is 3.24. The fourth-order valence-electron chi connectivity index (χ4n) is 4.71. The van der Waals surface area contributed by atoms with E-state index in [9.17, 15) is 9.59 Å². The van der Waals surface area contributed by atoms with E-state index in [4.69, 9.17) is 9.47 Å². The van der Waals surface area contributed by atoms with Gasteiger partial charge in [0.2, 0.25) is 11.8 Å². The van der Waals surface area contributed by atoms with Gasteiger partial charge in [-0.25, -0.2) is 0 Å². The number of aryl methyl sites for hydroxylation is 2. The first-order valence-electron chi connectivity index (χ1n) is 10.9. The molecule has 2 fully saturated rings. The maximum Gasteiger partial charge on any atom is 0.239 e. The Kier molecular flexibility index (Phi) is 5.90. The predicted molar refractivity (Wildman–Crippen MR) is 120 cm³/mol. The maximum atomic E-state index is 13.5. The average molecular weight is 423 g/mol. The summed E-state index contributed by atoms with van der Waals surface area (Å²) in [4.78, 5) is 30.3. The molecule has 0 saturated carbocycles. The van der Waals surface area contributed by atoms with E-state index < -0.39 is 5.92 Å². The van der Waals surface area contributed by atoms with Crippen LogP contribution in [0.5, 0.6) is 11.5 Å². The number of ether oxygens (including phenoxy) is 2. The van der Waals surface area contributed by atoms with Gasteiger partial charge < -0.3 is 19.3 Å². The number of likely N-dealkylation sites (tertiary alicyclic amines) is 1. The summed E-state index contributed by atoms with van der Waals surface area (Å²) in [6, 6.07) is 11.6. The Hall–Kier alpha value is -3.02. The third-order valence-corrected chi connectivity index (χ3v) is 6.64. The highest BCUT2D eigenvalue weighted by molar-refractivity contribution is 6.09. The second-order valence-corrected chi connectivity index (χ2v) is 8.40. The average Bonchev–Trinajstić information content (AvgIpc) is 3.41. The Morgan fingerprint density at radius 1 is 0.968 bits per heavy atom. The Bertz CT molecular complexity index is 1000. The Labute approximate surface area is 183 Å². The van der Waals surface area contributed by atoms with Crippen LogP contribution in [-0.4, -0.2) is 44.0 Å². The Morgan fingerprint density at radius 3 is 2.48 bits per heavy atom. The monoisotopic (exact) mass is 422 g/mol. The molecule has 0 aromatic heterocycles. The van der Waals surface area contributed by atoms with Crippen molar-refractivity contribution in [2.45, 2.75) is 39.2 Å². The van der Waals surface area contributed by atoms with Crippen LogP contribution >= 0.6 is 0 Å². The summed E-state index contributed by atoms with van der Waals surface area (Å²) in [6.07, 6.45) is 2.32. The van der Waals surface area contributed by atoms with Crippen molar-refractivity contribution >= 4 is 17.5 Å². The highest BCUT2D eigenvalue weighted by Crippen LogP contribution is 2.40. The quantitative estimate of drug-likeness (QED) is 0.683. The smallest absolute Gasteiger partial charge is 0.239 e. The van der Waals surface area contributed by atoms with Crippen LogP contribution in [0.3, 0.4) is 0 Å². The summed E-state index contributed by atoms with van der Waals surface area (Å²) in [5.74, 6) is 0.633. The summed E-state index contributed by atoms with van der Waals surface area (Å²) in [6.45, 7) is 5.32. The number of hydrogen-bond donors (Lipinski definition) is 0. The van der Waals surface area contributed by atoms with Gasteiger partial charge in [-0.1, -0.05) is 6.07 Å². The lowest BCUT2D eigenvalue weighted by molar-refractivity contribution is -0.140. The Balaban J connectivity index is 1.55. The number of nitrogens with zero attached hydrogens (tertiary/aromatic N) is 2. The van der Waals surface area contributed by atoms with Crippen LogP contribution in [0.25, 0.3) is 0 Å². The molecule has 2 amide bonds. The number of anilines is 1. The number of carbonyl (C=O) groups is 2. The SMILES string of the molecule is COc1ccc(C2CCCN2C(=O)C2CCN(c3ccc(C)c(C)c3)C2=O)c(OC)c1. The summed E-state index contributed by atoms with van der Waals surface area (Å²) < 4.78 is 10.9. The van der Waals surface area contributed by atoms with Crippen LogP contribution in [0.15, 0.2) is 36.4 Å². The molecule has 2 heterocycles. The topological polar surface area (TPSA) is 59.1 Å². The molecule has 2 aliphatic heterocycles. The van der Waals surface area contributed by atoms with E-state index in [0.29, 0.717) is 31.0 Å². The zero-order valence-electron chi connectivity index (χ0n) is 18.7. The molecule has 0 N–H and O–H groups in total. The van der Waals surface area contributed by atoms with Crippen molar-refractivity contribution in [2.75, 3.05) is 32.2 Å². The van der Waals surface area contributed by atoms with E-state index in [0.717, 1.165) is 29.7 Å². The van der Waals surface area contributed by atoms with Gasteiger partial charge in [0.1, 0.15) is 17.4 Å². The minimum atomic E-state index is -0.619. The largest absolute Gasteiger partial charge is 0.497 e. The molecular weight excluding hydrogens is 392 g/mol.